The summed E-state index contributed by atoms with van der Waals surface area (Å²) in [5, 5.41) is 20.8. The van der Waals surface area contributed by atoms with Crippen LogP contribution in [0.15, 0.2) is 0 Å². The number of hydrogen-bond donors (Lipinski definition) is 2. The molecule has 1 aliphatic carbocycles. The monoisotopic (exact) mass is 157 g/mol. The highest BCUT2D eigenvalue weighted by Crippen LogP contribution is 2.41. The summed E-state index contributed by atoms with van der Waals surface area (Å²) in [5.41, 5.74) is -0.608. The first-order valence-electron chi connectivity index (χ1n) is 4.33. The van der Waals surface area contributed by atoms with Gasteiger partial charge < -0.3 is 10.3 Å². The van der Waals surface area contributed by atoms with Crippen molar-refractivity contribution in [1.82, 2.24) is 5.06 Å². The van der Waals surface area contributed by atoms with E-state index in [2.05, 4.69) is 0 Å². The molecule has 0 aromatic heterocycles. The topological polar surface area (TPSA) is 43.7 Å². The molecular formula is C8H15NO2. The molecular weight excluding hydrogens is 142 g/mol. The summed E-state index contributed by atoms with van der Waals surface area (Å²) in [6.07, 6.45) is 3.60. The molecule has 1 atom stereocenters. The van der Waals surface area contributed by atoms with E-state index in [4.69, 9.17) is 0 Å². The molecule has 3 nitrogen and oxygen atoms in total. The van der Waals surface area contributed by atoms with Crippen molar-refractivity contribution in [2.24, 2.45) is 0 Å². The summed E-state index contributed by atoms with van der Waals surface area (Å²) in [7, 11) is 0. The number of rotatable bonds is 0. The van der Waals surface area contributed by atoms with Crippen molar-refractivity contribution in [3.63, 3.8) is 0 Å². The van der Waals surface area contributed by atoms with Crippen LogP contribution in [0.3, 0.4) is 0 Å². The molecule has 3 rings (SSSR count). The number of aliphatic hydroxyl groups is 1. The SMILES string of the molecule is CC1N(O)C2CCC1(O)CC2. The lowest BCUT2D eigenvalue weighted by molar-refractivity contribution is -0.259. The Morgan fingerprint density at radius 1 is 1.36 bits per heavy atom. The molecule has 1 saturated carbocycles. The number of fused-ring (bicyclic) bond motifs is 3. The third-order valence-corrected chi connectivity index (χ3v) is 3.37. The first-order chi connectivity index (χ1) is 5.13. The van der Waals surface area contributed by atoms with Crippen molar-refractivity contribution in [3.05, 3.63) is 0 Å². The maximum atomic E-state index is 9.96. The molecule has 2 heterocycles. The van der Waals surface area contributed by atoms with Gasteiger partial charge in [-0.2, -0.15) is 5.06 Å². The van der Waals surface area contributed by atoms with Crippen LogP contribution in [0.2, 0.25) is 0 Å². The van der Waals surface area contributed by atoms with Crippen LogP contribution in [0.5, 0.6) is 0 Å². The Morgan fingerprint density at radius 3 is 2.27 bits per heavy atom. The van der Waals surface area contributed by atoms with Gasteiger partial charge in [-0.15, -0.1) is 0 Å². The number of hydroxylamine groups is 2. The van der Waals surface area contributed by atoms with Crippen LogP contribution in [-0.4, -0.2) is 33.1 Å². The molecule has 0 aromatic rings. The molecule has 11 heavy (non-hydrogen) atoms. The van der Waals surface area contributed by atoms with Gasteiger partial charge in [0.1, 0.15) is 0 Å². The van der Waals surface area contributed by atoms with E-state index in [1.54, 1.807) is 0 Å². The second kappa shape index (κ2) is 2.19. The zero-order chi connectivity index (χ0) is 8.06. The lowest BCUT2D eigenvalue weighted by Crippen LogP contribution is -2.62. The predicted molar refractivity (Wildman–Crippen MR) is 40.3 cm³/mol. The Balaban J connectivity index is 2.23. The standard InChI is InChI=1S/C8H15NO2/c1-6-8(10)4-2-7(3-5-8)9(6)11/h6-7,10-11H,2-5H2,1H3. The summed E-state index contributed by atoms with van der Waals surface area (Å²) in [4.78, 5) is 0. The Bertz CT molecular complexity index is 163. The molecule has 3 fully saturated rings. The fraction of sp³-hybridized carbons (Fsp3) is 1.00. The number of piperidine rings is 2. The second-order valence-corrected chi connectivity index (χ2v) is 3.89. The lowest BCUT2D eigenvalue weighted by Gasteiger charge is -2.52. The maximum absolute atomic E-state index is 9.96. The second-order valence-electron chi connectivity index (χ2n) is 3.89. The molecule has 1 unspecified atom stereocenters. The van der Waals surface area contributed by atoms with Gasteiger partial charge in [0.15, 0.2) is 0 Å². The van der Waals surface area contributed by atoms with Gasteiger partial charge >= 0.3 is 0 Å². The Morgan fingerprint density at radius 2 is 1.91 bits per heavy atom. The quantitative estimate of drug-likeness (QED) is 0.545. The first-order valence-corrected chi connectivity index (χ1v) is 4.33. The van der Waals surface area contributed by atoms with Crippen molar-refractivity contribution >= 4 is 0 Å². The molecule has 2 bridgehead atoms. The van der Waals surface area contributed by atoms with Crippen LogP contribution in [0.25, 0.3) is 0 Å². The minimum Gasteiger partial charge on any atom is -0.388 e. The van der Waals surface area contributed by atoms with Crippen LogP contribution in [-0.2, 0) is 0 Å². The van der Waals surface area contributed by atoms with Gasteiger partial charge in [0.25, 0.3) is 0 Å². The highest BCUT2D eigenvalue weighted by molar-refractivity contribution is 5.00. The van der Waals surface area contributed by atoms with Crippen LogP contribution >= 0.6 is 0 Å². The summed E-state index contributed by atoms with van der Waals surface area (Å²) < 4.78 is 0. The zero-order valence-electron chi connectivity index (χ0n) is 6.82. The highest BCUT2D eigenvalue weighted by atomic mass is 16.5. The summed E-state index contributed by atoms with van der Waals surface area (Å²) >= 11 is 0. The zero-order valence-corrected chi connectivity index (χ0v) is 6.82. The smallest absolute Gasteiger partial charge is 0.0824 e. The van der Waals surface area contributed by atoms with E-state index in [1.807, 2.05) is 6.92 Å². The molecule has 0 amide bonds. The predicted octanol–water partition coefficient (Wildman–Crippen LogP) is 0.753. The molecule has 3 aliphatic rings. The fourth-order valence-electron chi connectivity index (χ4n) is 2.35. The van der Waals surface area contributed by atoms with E-state index >= 15 is 0 Å². The van der Waals surface area contributed by atoms with Gasteiger partial charge in [0.05, 0.1) is 11.6 Å². The van der Waals surface area contributed by atoms with Crippen molar-refractivity contribution < 1.29 is 10.3 Å². The first kappa shape index (κ1) is 7.53. The van der Waals surface area contributed by atoms with Crippen molar-refractivity contribution in [1.29, 1.82) is 0 Å². The van der Waals surface area contributed by atoms with Crippen LogP contribution in [0.4, 0.5) is 0 Å². The Kier molecular flexibility index (Phi) is 1.50. The largest absolute Gasteiger partial charge is 0.388 e. The lowest BCUT2D eigenvalue weighted by atomic mass is 9.73. The van der Waals surface area contributed by atoms with Gasteiger partial charge in [0, 0.05) is 6.04 Å². The van der Waals surface area contributed by atoms with Crippen molar-refractivity contribution in [3.8, 4) is 0 Å². The van der Waals surface area contributed by atoms with E-state index in [0.29, 0.717) is 6.04 Å². The van der Waals surface area contributed by atoms with E-state index < -0.39 is 5.60 Å². The number of hydrogen-bond acceptors (Lipinski definition) is 3. The minimum atomic E-state index is -0.608. The molecule has 2 saturated heterocycles. The summed E-state index contributed by atoms with van der Waals surface area (Å²) in [6.45, 7) is 1.89. The summed E-state index contributed by atoms with van der Waals surface area (Å²) in [6, 6.07) is 0.231. The average Bonchev–Trinajstić information content (AvgIpc) is 2.01. The van der Waals surface area contributed by atoms with E-state index in [1.165, 1.54) is 5.06 Å². The number of nitrogens with zero attached hydrogens (tertiary/aromatic N) is 1. The van der Waals surface area contributed by atoms with Gasteiger partial charge in [-0.05, 0) is 32.6 Å². The third kappa shape index (κ3) is 0.916. The Hall–Kier alpha value is -0.120. The average molecular weight is 157 g/mol. The van der Waals surface area contributed by atoms with Gasteiger partial charge in [-0.1, -0.05) is 0 Å². The molecule has 3 heteroatoms. The maximum Gasteiger partial charge on any atom is 0.0824 e. The fourth-order valence-corrected chi connectivity index (χ4v) is 2.35. The normalized spacial score (nSPS) is 51.5. The van der Waals surface area contributed by atoms with Crippen molar-refractivity contribution in [2.75, 3.05) is 0 Å². The van der Waals surface area contributed by atoms with Gasteiger partial charge in [0.2, 0.25) is 0 Å². The molecule has 0 aromatic carbocycles. The van der Waals surface area contributed by atoms with Crippen molar-refractivity contribution in [2.45, 2.75) is 50.3 Å². The molecule has 0 radical (unpaired) electrons. The highest BCUT2D eigenvalue weighted by Gasteiger charge is 2.48. The van der Waals surface area contributed by atoms with Crippen LogP contribution in [0, 0.1) is 0 Å². The Labute approximate surface area is 66.6 Å². The van der Waals surface area contributed by atoms with E-state index in [0.717, 1.165) is 25.7 Å². The molecule has 2 N–H and O–H groups in total. The van der Waals surface area contributed by atoms with Gasteiger partial charge in [-0.3, -0.25) is 0 Å². The molecule has 64 valence electrons. The van der Waals surface area contributed by atoms with E-state index in [9.17, 15) is 10.3 Å². The third-order valence-electron chi connectivity index (χ3n) is 3.37. The van der Waals surface area contributed by atoms with Crippen LogP contribution in [0.1, 0.15) is 32.6 Å². The minimum absolute atomic E-state index is 0.0741. The van der Waals surface area contributed by atoms with Crippen LogP contribution < -0.4 is 0 Å². The van der Waals surface area contributed by atoms with E-state index in [-0.39, 0.29) is 6.04 Å². The summed E-state index contributed by atoms with van der Waals surface area (Å²) in [5.74, 6) is 0. The molecule has 0 spiro atoms. The molecule has 2 aliphatic heterocycles. The van der Waals surface area contributed by atoms with Gasteiger partial charge in [-0.25, -0.2) is 0 Å².